The van der Waals surface area contributed by atoms with Crippen molar-refractivity contribution in [3.8, 4) is 0 Å². The Morgan fingerprint density at radius 2 is 1.81 bits per heavy atom. The molecule has 0 aromatic heterocycles. The summed E-state index contributed by atoms with van der Waals surface area (Å²) in [5.41, 5.74) is 6.96. The molecule has 144 valence electrons. The van der Waals surface area contributed by atoms with Gasteiger partial charge in [0.1, 0.15) is 0 Å². The highest BCUT2D eigenvalue weighted by molar-refractivity contribution is 5.99. The van der Waals surface area contributed by atoms with Gasteiger partial charge in [-0.15, -0.1) is 0 Å². The third kappa shape index (κ3) is 4.80. The fourth-order valence-electron chi connectivity index (χ4n) is 3.22. The predicted octanol–water partition coefficient (Wildman–Crippen LogP) is 3.56. The van der Waals surface area contributed by atoms with Gasteiger partial charge in [-0.05, 0) is 42.7 Å². The molecule has 0 spiro atoms. The number of para-hydroxylation sites is 1. The quantitative estimate of drug-likeness (QED) is 0.857. The number of hydrogen-bond donors (Lipinski definition) is 2. The Morgan fingerprint density at radius 1 is 1.11 bits per heavy atom. The molecule has 0 bridgehead atoms. The summed E-state index contributed by atoms with van der Waals surface area (Å²) >= 11 is 0. The number of nitrogens with zero attached hydrogens (tertiary/aromatic N) is 1. The Balaban J connectivity index is 1.70. The number of nitrogens with one attached hydrogen (secondary N) is 1. The first-order valence-corrected chi connectivity index (χ1v) is 8.88. The second-order valence-corrected chi connectivity index (χ2v) is 6.72. The second-order valence-electron chi connectivity index (χ2n) is 6.72. The summed E-state index contributed by atoms with van der Waals surface area (Å²) in [7, 11) is 0. The smallest absolute Gasteiger partial charge is 0.371 e. The summed E-state index contributed by atoms with van der Waals surface area (Å²) < 4.78 is 38.4. The molecule has 3 rings (SSSR count). The summed E-state index contributed by atoms with van der Waals surface area (Å²) in [5, 5.41) is 2.72. The second kappa shape index (κ2) is 8.00. The van der Waals surface area contributed by atoms with Gasteiger partial charge in [0, 0.05) is 31.4 Å². The lowest BCUT2D eigenvalue weighted by atomic mass is 10.0. The number of benzene rings is 2. The number of amides is 1. The number of carbonyl (C=O) groups is 1. The fourth-order valence-corrected chi connectivity index (χ4v) is 3.22. The van der Waals surface area contributed by atoms with E-state index in [2.05, 4.69) is 10.2 Å². The Hall–Kier alpha value is -2.54. The molecule has 1 aliphatic heterocycles. The number of alkyl halides is 3. The highest BCUT2D eigenvalue weighted by atomic mass is 19.4. The van der Waals surface area contributed by atoms with Gasteiger partial charge in [-0.1, -0.05) is 24.3 Å². The van der Waals surface area contributed by atoms with E-state index in [0.29, 0.717) is 11.1 Å². The normalized spacial score (nSPS) is 15.6. The van der Waals surface area contributed by atoms with Crippen molar-refractivity contribution in [2.75, 3.05) is 18.0 Å². The molecule has 0 unspecified atom stereocenters. The van der Waals surface area contributed by atoms with E-state index in [9.17, 15) is 18.0 Å². The van der Waals surface area contributed by atoms with Crippen molar-refractivity contribution >= 4 is 11.6 Å². The molecular formula is C20H22F3N3O. The van der Waals surface area contributed by atoms with Crippen LogP contribution in [0, 0.1) is 0 Å². The van der Waals surface area contributed by atoms with Crippen molar-refractivity contribution in [2.45, 2.75) is 31.6 Å². The van der Waals surface area contributed by atoms with Crippen LogP contribution in [-0.2, 0) is 12.7 Å². The number of halogens is 3. The zero-order valence-corrected chi connectivity index (χ0v) is 14.8. The highest BCUT2D eigenvalue weighted by Crippen LogP contribution is 2.29. The molecule has 1 heterocycles. The van der Waals surface area contributed by atoms with Gasteiger partial charge in [0.2, 0.25) is 0 Å². The van der Waals surface area contributed by atoms with Crippen LogP contribution in [0.2, 0.25) is 0 Å². The van der Waals surface area contributed by atoms with E-state index in [4.69, 9.17) is 5.73 Å². The van der Waals surface area contributed by atoms with Crippen LogP contribution in [-0.4, -0.2) is 25.0 Å². The monoisotopic (exact) mass is 377 g/mol. The summed E-state index contributed by atoms with van der Waals surface area (Å²) in [6.45, 7) is 1.58. The van der Waals surface area contributed by atoms with E-state index in [1.807, 2.05) is 12.1 Å². The molecule has 4 nitrogen and oxygen atoms in total. The van der Waals surface area contributed by atoms with Crippen LogP contribution in [0.4, 0.5) is 18.9 Å². The van der Waals surface area contributed by atoms with E-state index < -0.39 is 11.7 Å². The highest BCUT2D eigenvalue weighted by Gasteiger charge is 2.30. The van der Waals surface area contributed by atoms with E-state index in [0.717, 1.165) is 43.8 Å². The molecule has 0 atom stereocenters. The third-order valence-electron chi connectivity index (χ3n) is 4.74. The molecule has 2 aromatic carbocycles. The largest absolute Gasteiger partial charge is 0.416 e. The van der Waals surface area contributed by atoms with Crippen molar-refractivity contribution in [2.24, 2.45) is 5.73 Å². The fraction of sp³-hybridized carbons (Fsp3) is 0.350. The molecular weight excluding hydrogens is 355 g/mol. The number of nitrogens with two attached hydrogens (primary N) is 1. The number of hydrogen-bond acceptors (Lipinski definition) is 3. The Morgan fingerprint density at radius 3 is 2.52 bits per heavy atom. The summed E-state index contributed by atoms with van der Waals surface area (Å²) in [6.07, 6.45) is -2.68. The van der Waals surface area contributed by atoms with Crippen molar-refractivity contribution in [3.63, 3.8) is 0 Å². The van der Waals surface area contributed by atoms with Gasteiger partial charge in [0.15, 0.2) is 0 Å². The first kappa shape index (κ1) is 19.2. The first-order chi connectivity index (χ1) is 12.8. The minimum atomic E-state index is -4.40. The zero-order valence-electron chi connectivity index (χ0n) is 14.8. The van der Waals surface area contributed by atoms with Crippen molar-refractivity contribution in [1.29, 1.82) is 0 Å². The predicted molar refractivity (Wildman–Crippen MR) is 98.5 cm³/mol. The van der Waals surface area contributed by atoms with Crippen molar-refractivity contribution < 1.29 is 18.0 Å². The Bertz CT molecular complexity index is 799. The number of rotatable bonds is 4. The van der Waals surface area contributed by atoms with Gasteiger partial charge in [0.25, 0.3) is 5.91 Å². The SMILES string of the molecule is NC1CCN(c2ccccc2C(=O)NCc2cccc(C(F)(F)F)c2)CC1. The van der Waals surface area contributed by atoms with Gasteiger partial charge in [0.05, 0.1) is 11.1 Å². The molecule has 1 fully saturated rings. The lowest BCUT2D eigenvalue weighted by Crippen LogP contribution is -2.40. The average molecular weight is 377 g/mol. The number of piperidine rings is 1. The van der Waals surface area contributed by atoms with Crippen LogP contribution < -0.4 is 16.0 Å². The standard InChI is InChI=1S/C20H22F3N3O/c21-20(22,23)15-5-3-4-14(12-15)13-25-19(27)17-6-1-2-7-18(17)26-10-8-16(24)9-11-26/h1-7,12,16H,8-11,13,24H2,(H,25,27). The van der Waals surface area contributed by atoms with Crippen LogP contribution >= 0.6 is 0 Å². The van der Waals surface area contributed by atoms with E-state index in [-0.39, 0.29) is 18.5 Å². The molecule has 7 heteroatoms. The molecule has 0 aliphatic carbocycles. The van der Waals surface area contributed by atoms with Crippen LogP contribution in [0.25, 0.3) is 0 Å². The Labute approximate surface area is 156 Å². The van der Waals surface area contributed by atoms with E-state index in [1.54, 1.807) is 18.2 Å². The Kier molecular flexibility index (Phi) is 5.70. The van der Waals surface area contributed by atoms with Crippen LogP contribution in [0.5, 0.6) is 0 Å². The zero-order chi connectivity index (χ0) is 19.4. The van der Waals surface area contributed by atoms with E-state index in [1.165, 1.54) is 6.07 Å². The molecule has 1 saturated heterocycles. The minimum Gasteiger partial charge on any atom is -0.371 e. The maximum Gasteiger partial charge on any atom is 0.416 e. The lowest BCUT2D eigenvalue weighted by molar-refractivity contribution is -0.137. The van der Waals surface area contributed by atoms with Gasteiger partial charge >= 0.3 is 6.18 Å². The summed E-state index contributed by atoms with van der Waals surface area (Å²) in [6, 6.07) is 12.4. The molecule has 0 radical (unpaired) electrons. The number of anilines is 1. The number of carbonyl (C=O) groups excluding carboxylic acids is 1. The molecule has 2 aromatic rings. The van der Waals surface area contributed by atoms with Crippen LogP contribution in [0.1, 0.15) is 34.3 Å². The molecule has 3 N–H and O–H groups in total. The van der Waals surface area contributed by atoms with Crippen molar-refractivity contribution in [1.82, 2.24) is 5.32 Å². The molecule has 1 amide bonds. The third-order valence-corrected chi connectivity index (χ3v) is 4.74. The topological polar surface area (TPSA) is 58.4 Å². The maximum absolute atomic E-state index is 12.8. The summed E-state index contributed by atoms with van der Waals surface area (Å²) in [5.74, 6) is -0.308. The van der Waals surface area contributed by atoms with Gasteiger partial charge in [-0.25, -0.2) is 0 Å². The molecule has 0 saturated carbocycles. The van der Waals surface area contributed by atoms with E-state index >= 15 is 0 Å². The van der Waals surface area contributed by atoms with Crippen LogP contribution in [0.3, 0.4) is 0 Å². The van der Waals surface area contributed by atoms with Gasteiger partial charge < -0.3 is 16.0 Å². The molecule has 27 heavy (non-hydrogen) atoms. The summed E-state index contributed by atoms with van der Waals surface area (Å²) in [4.78, 5) is 14.8. The van der Waals surface area contributed by atoms with Crippen molar-refractivity contribution in [3.05, 3.63) is 65.2 Å². The van der Waals surface area contributed by atoms with Crippen LogP contribution in [0.15, 0.2) is 48.5 Å². The average Bonchev–Trinajstić information content (AvgIpc) is 2.66. The minimum absolute atomic E-state index is 0.0297. The van der Waals surface area contributed by atoms with Gasteiger partial charge in [-0.3, -0.25) is 4.79 Å². The molecule has 1 aliphatic rings. The lowest BCUT2D eigenvalue weighted by Gasteiger charge is -2.33. The maximum atomic E-state index is 12.8. The first-order valence-electron chi connectivity index (χ1n) is 8.88. The van der Waals surface area contributed by atoms with Gasteiger partial charge in [-0.2, -0.15) is 13.2 Å².